The Morgan fingerprint density at radius 3 is 2.83 bits per heavy atom. The molecule has 1 rings (SSSR count). The van der Waals surface area contributed by atoms with Gasteiger partial charge in [-0.2, -0.15) is 5.26 Å². The van der Waals surface area contributed by atoms with Gasteiger partial charge in [-0.25, -0.2) is 4.39 Å². The van der Waals surface area contributed by atoms with Crippen LogP contribution in [0.5, 0.6) is 5.75 Å². The number of halogens is 1. The molecule has 0 aliphatic carbocycles. The molecule has 1 amide bonds. The molecule has 1 aromatic carbocycles. The van der Waals surface area contributed by atoms with E-state index >= 15 is 0 Å². The molecular weight excluding hydrogens is 235 g/mol. The Hall–Kier alpha value is -2.09. The van der Waals surface area contributed by atoms with Gasteiger partial charge >= 0.3 is 0 Å². The van der Waals surface area contributed by atoms with Crippen LogP contribution in [0.25, 0.3) is 0 Å². The largest absolute Gasteiger partial charge is 0.507 e. The number of rotatable bonds is 4. The zero-order chi connectivity index (χ0) is 13.7. The molecule has 0 saturated carbocycles. The van der Waals surface area contributed by atoms with Crippen LogP contribution in [0, 0.1) is 23.1 Å². The third-order valence-corrected chi connectivity index (χ3v) is 2.57. The van der Waals surface area contributed by atoms with E-state index in [0.29, 0.717) is 6.54 Å². The van der Waals surface area contributed by atoms with Crippen LogP contribution < -0.4 is 0 Å². The maximum Gasteiger partial charge on any atom is 0.257 e. The number of amides is 1. The number of nitriles is 1. The average molecular weight is 250 g/mol. The van der Waals surface area contributed by atoms with Crippen molar-refractivity contribution in [3.63, 3.8) is 0 Å². The number of benzene rings is 1. The van der Waals surface area contributed by atoms with E-state index in [9.17, 15) is 14.3 Å². The van der Waals surface area contributed by atoms with E-state index in [2.05, 4.69) is 0 Å². The van der Waals surface area contributed by atoms with Crippen molar-refractivity contribution in [1.29, 1.82) is 5.26 Å². The molecule has 0 aliphatic rings. The summed E-state index contributed by atoms with van der Waals surface area (Å²) in [4.78, 5) is 13.5. The van der Waals surface area contributed by atoms with Crippen molar-refractivity contribution in [2.24, 2.45) is 5.92 Å². The molecule has 0 fully saturated rings. The Bertz CT molecular complexity index is 482. The molecule has 0 aromatic heterocycles. The Labute approximate surface area is 105 Å². The summed E-state index contributed by atoms with van der Waals surface area (Å²) in [5, 5.41) is 18.3. The Morgan fingerprint density at radius 1 is 1.61 bits per heavy atom. The Kier molecular flexibility index (Phi) is 4.67. The van der Waals surface area contributed by atoms with Crippen molar-refractivity contribution >= 4 is 5.91 Å². The fourth-order valence-electron chi connectivity index (χ4n) is 1.58. The van der Waals surface area contributed by atoms with Crippen LogP contribution in [0.2, 0.25) is 0 Å². The summed E-state index contributed by atoms with van der Waals surface area (Å²) in [5.41, 5.74) is -0.0815. The van der Waals surface area contributed by atoms with Crippen molar-refractivity contribution in [2.45, 2.75) is 13.8 Å². The van der Waals surface area contributed by atoms with Crippen molar-refractivity contribution in [3.8, 4) is 11.8 Å². The summed E-state index contributed by atoms with van der Waals surface area (Å²) < 4.78 is 13.1. The molecule has 0 radical (unpaired) electrons. The number of phenols is 1. The smallest absolute Gasteiger partial charge is 0.257 e. The van der Waals surface area contributed by atoms with E-state index in [1.165, 1.54) is 4.90 Å². The summed E-state index contributed by atoms with van der Waals surface area (Å²) in [5.74, 6) is -1.63. The van der Waals surface area contributed by atoms with E-state index in [1.54, 1.807) is 13.8 Å². The molecule has 1 aromatic rings. The number of carbonyl (C=O) groups is 1. The van der Waals surface area contributed by atoms with Crippen LogP contribution in [0.4, 0.5) is 4.39 Å². The molecule has 18 heavy (non-hydrogen) atoms. The normalized spacial score (nSPS) is 11.7. The van der Waals surface area contributed by atoms with Gasteiger partial charge in [-0.1, -0.05) is 0 Å². The summed E-state index contributed by atoms with van der Waals surface area (Å²) in [7, 11) is 0. The second-order valence-electron chi connectivity index (χ2n) is 4.04. The second kappa shape index (κ2) is 6.01. The molecule has 1 atom stereocenters. The predicted molar refractivity (Wildman–Crippen MR) is 64.4 cm³/mol. The first-order valence-electron chi connectivity index (χ1n) is 5.67. The van der Waals surface area contributed by atoms with Crippen LogP contribution in [0.15, 0.2) is 18.2 Å². The lowest BCUT2D eigenvalue weighted by atomic mass is 10.1. The highest BCUT2D eigenvalue weighted by molar-refractivity contribution is 5.96. The molecular formula is C13H15FN2O2. The quantitative estimate of drug-likeness (QED) is 0.890. The van der Waals surface area contributed by atoms with Crippen molar-refractivity contribution < 1.29 is 14.3 Å². The van der Waals surface area contributed by atoms with Gasteiger partial charge in [0.1, 0.15) is 11.6 Å². The van der Waals surface area contributed by atoms with E-state index in [-0.39, 0.29) is 23.8 Å². The van der Waals surface area contributed by atoms with Gasteiger partial charge in [-0.15, -0.1) is 0 Å². The number of phenolic OH excluding ortho intramolecular Hbond substituents is 1. The van der Waals surface area contributed by atoms with Gasteiger partial charge in [0.05, 0.1) is 17.6 Å². The van der Waals surface area contributed by atoms with Crippen LogP contribution in [0.3, 0.4) is 0 Å². The third kappa shape index (κ3) is 3.20. The highest BCUT2D eigenvalue weighted by atomic mass is 19.1. The highest BCUT2D eigenvalue weighted by Gasteiger charge is 2.20. The lowest BCUT2D eigenvalue weighted by molar-refractivity contribution is 0.0749. The SMILES string of the molecule is CCN(CC(C)C#N)C(=O)c1cc(F)ccc1O. The predicted octanol–water partition coefficient (Wildman–Crippen LogP) is 2.15. The molecule has 0 saturated heterocycles. The van der Waals surface area contributed by atoms with Gasteiger partial charge < -0.3 is 10.0 Å². The standard InChI is InChI=1S/C13H15FN2O2/c1-3-16(8-9(2)7-15)13(18)11-6-10(14)4-5-12(11)17/h4-6,9,17H,3,8H2,1-2H3. The highest BCUT2D eigenvalue weighted by Crippen LogP contribution is 2.20. The number of aromatic hydroxyl groups is 1. The number of hydrogen-bond acceptors (Lipinski definition) is 3. The molecule has 0 spiro atoms. The van der Waals surface area contributed by atoms with Crippen molar-refractivity contribution in [1.82, 2.24) is 4.90 Å². The molecule has 96 valence electrons. The molecule has 1 N–H and O–H groups in total. The lowest BCUT2D eigenvalue weighted by Crippen LogP contribution is -2.34. The van der Waals surface area contributed by atoms with Gasteiger partial charge in [0.2, 0.25) is 0 Å². The van der Waals surface area contributed by atoms with Gasteiger partial charge in [-0.05, 0) is 32.0 Å². The fraction of sp³-hybridized carbons (Fsp3) is 0.385. The summed E-state index contributed by atoms with van der Waals surface area (Å²) in [6.45, 7) is 4.10. The van der Waals surface area contributed by atoms with E-state index in [0.717, 1.165) is 18.2 Å². The lowest BCUT2D eigenvalue weighted by Gasteiger charge is -2.22. The fourth-order valence-corrected chi connectivity index (χ4v) is 1.58. The second-order valence-corrected chi connectivity index (χ2v) is 4.04. The number of nitrogens with zero attached hydrogens (tertiary/aromatic N) is 2. The van der Waals surface area contributed by atoms with Gasteiger partial charge in [-0.3, -0.25) is 4.79 Å². The van der Waals surface area contributed by atoms with Crippen LogP contribution in [-0.2, 0) is 0 Å². The first kappa shape index (κ1) is 14.0. The summed E-state index contributed by atoms with van der Waals surface area (Å²) in [6, 6.07) is 5.26. The minimum Gasteiger partial charge on any atom is -0.507 e. The summed E-state index contributed by atoms with van der Waals surface area (Å²) >= 11 is 0. The minimum atomic E-state index is -0.583. The maximum absolute atomic E-state index is 13.1. The zero-order valence-corrected chi connectivity index (χ0v) is 10.4. The summed E-state index contributed by atoms with van der Waals surface area (Å²) in [6.07, 6.45) is 0. The van der Waals surface area contributed by atoms with E-state index in [4.69, 9.17) is 5.26 Å². The van der Waals surface area contributed by atoms with E-state index < -0.39 is 11.7 Å². The maximum atomic E-state index is 13.1. The molecule has 0 bridgehead atoms. The van der Waals surface area contributed by atoms with Crippen molar-refractivity contribution in [3.05, 3.63) is 29.6 Å². The Balaban J connectivity index is 2.97. The van der Waals surface area contributed by atoms with E-state index in [1.807, 2.05) is 6.07 Å². The van der Waals surface area contributed by atoms with Crippen LogP contribution in [0.1, 0.15) is 24.2 Å². The third-order valence-electron chi connectivity index (χ3n) is 2.57. The molecule has 5 heteroatoms. The first-order valence-corrected chi connectivity index (χ1v) is 5.67. The first-order chi connectivity index (χ1) is 8.49. The van der Waals surface area contributed by atoms with Gasteiger partial charge in [0, 0.05) is 13.1 Å². The average Bonchev–Trinajstić information content (AvgIpc) is 2.37. The molecule has 0 heterocycles. The zero-order valence-electron chi connectivity index (χ0n) is 10.4. The molecule has 4 nitrogen and oxygen atoms in total. The monoisotopic (exact) mass is 250 g/mol. The Morgan fingerprint density at radius 2 is 2.28 bits per heavy atom. The van der Waals surface area contributed by atoms with Crippen LogP contribution in [-0.4, -0.2) is 29.0 Å². The van der Waals surface area contributed by atoms with Gasteiger partial charge in [0.25, 0.3) is 5.91 Å². The van der Waals surface area contributed by atoms with Crippen molar-refractivity contribution in [2.75, 3.05) is 13.1 Å². The number of carbonyl (C=O) groups excluding carboxylic acids is 1. The minimum absolute atomic E-state index is 0.0815. The van der Waals surface area contributed by atoms with Gasteiger partial charge in [0.15, 0.2) is 0 Å². The number of hydrogen-bond donors (Lipinski definition) is 1. The van der Waals surface area contributed by atoms with Crippen LogP contribution >= 0.6 is 0 Å². The molecule has 1 unspecified atom stereocenters. The molecule has 0 aliphatic heterocycles. The topological polar surface area (TPSA) is 64.3 Å².